The van der Waals surface area contributed by atoms with E-state index in [0.29, 0.717) is 0 Å². The summed E-state index contributed by atoms with van der Waals surface area (Å²) in [4.78, 5) is 64.8. The summed E-state index contributed by atoms with van der Waals surface area (Å²) >= 11 is 0. The molecule has 1 aromatic heterocycles. The van der Waals surface area contributed by atoms with Crippen molar-refractivity contribution in [1.29, 1.82) is 0 Å². The number of carbonyl (C=O) groups is 6. The van der Waals surface area contributed by atoms with Crippen LogP contribution in [-0.4, -0.2) is 252 Å². The minimum atomic E-state index is -2.74. The summed E-state index contributed by atoms with van der Waals surface area (Å²) in [6.07, 6.45) is 0.812. The Bertz CT molecular complexity index is 747. The quantitative estimate of drug-likeness (QED) is 0.121. The number of imidazole rings is 1. The number of aryl methyl sites for hydroxylation is 1. The molecule has 0 unspecified atom stereocenters. The molecular formula is C16H25K3N2O14. The van der Waals surface area contributed by atoms with E-state index in [4.69, 9.17) is 40.9 Å². The number of aliphatic hydroxyl groups is 2. The number of rotatable bonds is 10. The average molecular weight is 587 g/mol. The Balaban J connectivity index is -0.000000130. The van der Waals surface area contributed by atoms with Crippen molar-refractivity contribution < 1.29 is 69.6 Å². The van der Waals surface area contributed by atoms with Gasteiger partial charge in [-0.25, -0.2) is 14.6 Å². The Morgan fingerprint density at radius 1 is 0.657 bits per heavy atom. The molecular weight excluding hydrogens is 561 g/mol. The summed E-state index contributed by atoms with van der Waals surface area (Å²) in [5.41, 5.74) is -5.48. The van der Waals surface area contributed by atoms with E-state index >= 15 is 0 Å². The van der Waals surface area contributed by atoms with Crippen molar-refractivity contribution in [3.05, 3.63) is 18.7 Å². The van der Waals surface area contributed by atoms with E-state index in [1.54, 1.807) is 12.5 Å². The van der Waals surface area contributed by atoms with E-state index in [9.17, 15) is 28.8 Å². The van der Waals surface area contributed by atoms with Crippen molar-refractivity contribution in [2.24, 2.45) is 7.05 Å². The van der Waals surface area contributed by atoms with E-state index in [1.807, 2.05) is 17.8 Å². The molecule has 0 aliphatic heterocycles. The molecule has 1 heterocycles. The molecule has 0 amide bonds. The molecule has 0 atom stereocenters. The summed E-state index contributed by atoms with van der Waals surface area (Å²) in [6, 6.07) is 0. The second-order valence-electron chi connectivity index (χ2n) is 6.18. The second kappa shape index (κ2) is 22.8. The van der Waals surface area contributed by atoms with E-state index in [2.05, 4.69) is 4.98 Å². The average Bonchev–Trinajstić information content (AvgIpc) is 3.03. The van der Waals surface area contributed by atoms with Crippen LogP contribution in [0.4, 0.5) is 0 Å². The van der Waals surface area contributed by atoms with E-state index in [0.717, 1.165) is 0 Å². The van der Waals surface area contributed by atoms with Gasteiger partial charge in [0, 0.05) is 19.4 Å². The van der Waals surface area contributed by atoms with Crippen LogP contribution in [0.1, 0.15) is 25.7 Å². The predicted octanol–water partition coefficient (Wildman–Crippen LogP) is -4.02. The van der Waals surface area contributed by atoms with Crippen LogP contribution in [0.15, 0.2) is 18.7 Å². The molecule has 0 spiro atoms. The molecule has 0 aliphatic rings. The number of aliphatic carboxylic acids is 6. The monoisotopic (exact) mass is 586 g/mol. The van der Waals surface area contributed by atoms with Crippen molar-refractivity contribution in [2.45, 2.75) is 36.9 Å². The van der Waals surface area contributed by atoms with Crippen LogP contribution in [-0.2, 0) is 35.8 Å². The molecule has 35 heavy (non-hydrogen) atoms. The number of carboxylic acid groups (broad SMARTS) is 6. The topological polar surface area (TPSA) is 282 Å². The number of carboxylic acids is 6. The van der Waals surface area contributed by atoms with Gasteiger partial charge < -0.3 is 45.4 Å². The van der Waals surface area contributed by atoms with Crippen LogP contribution in [0.25, 0.3) is 0 Å². The summed E-state index contributed by atoms with van der Waals surface area (Å²) < 4.78 is 1.89. The third-order valence-electron chi connectivity index (χ3n) is 3.21. The summed E-state index contributed by atoms with van der Waals surface area (Å²) in [5.74, 6) is -10.0. The van der Waals surface area contributed by atoms with E-state index < -0.39 is 72.7 Å². The third-order valence-corrected chi connectivity index (χ3v) is 3.21. The van der Waals surface area contributed by atoms with Gasteiger partial charge in [0.05, 0.1) is 32.0 Å². The van der Waals surface area contributed by atoms with Gasteiger partial charge >= 0.3 is 190 Å². The van der Waals surface area contributed by atoms with Gasteiger partial charge in [0.15, 0.2) is 11.2 Å². The zero-order valence-electron chi connectivity index (χ0n) is 16.5. The standard InChI is InChI=1S/2C6H8O7.C4H6N2.3K.3H/c2*7-3(8)1-6(13,5(11)12)2-4(9)10;1-6-3-2-5-4-6;;;;;;/h2*13H,1-2H2,(H,7,8)(H,9,10)(H,11,12);2-4H,1H3;;;;;;. The molecule has 0 aliphatic carbocycles. The van der Waals surface area contributed by atoms with Crippen LogP contribution in [0.2, 0.25) is 0 Å². The van der Waals surface area contributed by atoms with Crippen molar-refractivity contribution >= 4 is 190 Å². The summed E-state index contributed by atoms with van der Waals surface area (Å²) in [6.45, 7) is 0. The van der Waals surface area contributed by atoms with Gasteiger partial charge in [-0.2, -0.15) is 0 Å². The Morgan fingerprint density at radius 2 is 0.914 bits per heavy atom. The second-order valence-corrected chi connectivity index (χ2v) is 6.18. The molecule has 0 aromatic carbocycles. The number of aromatic nitrogens is 2. The Labute approximate surface area is 325 Å². The van der Waals surface area contributed by atoms with Crippen molar-refractivity contribution in [1.82, 2.24) is 9.55 Å². The maximum absolute atomic E-state index is 10.3. The minimum absolute atomic E-state index is 0. The van der Waals surface area contributed by atoms with Crippen molar-refractivity contribution in [2.75, 3.05) is 0 Å². The van der Waals surface area contributed by atoms with Crippen molar-refractivity contribution in [3.8, 4) is 0 Å². The molecule has 0 radical (unpaired) electrons. The molecule has 0 saturated carbocycles. The van der Waals surface area contributed by atoms with Crippen LogP contribution in [0, 0.1) is 0 Å². The first-order valence-electron chi connectivity index (χ1n) is 8.16. The van der Waals surface area contributed by atoms with Gasteiger partial charge in [0.1, 0.15) is 0 Å². The Morgan fingerprint density at radius 3 is 1.00 bits per heavy atom. The van der Waals surface area contributed by atoms with E-state index in [1.165, 1.54) is 0 Å². The molecule has 1 rings (SSSR count). The first-order valence-corrected chi connectivity index (χ1v) is 8.16. The van der Waals surface area contributed by atoms with Gasteiger partial charge in [-0.05, 0) is 0 Å². The summed E-state index contributed by atoms with van der Waals surface area (Å²) in [7, 11) is 1.94. The van der Waals surface area contributed by atoms with E-state index in [-0.39, 0.29) is 154 Å². The number of nitrogens with zero attached hydrogens (tertiary/aromatic N) is 2. The van der Waals surface area contributed by atoms with Gasteiger partial charge in [0.2, 0.25) is 0 Å². The fraction of sp³-hybridized carbons (Fsp3) is 0.438. The molecule has 186 valence electrons. The molecule has 8 N–H and O–H groups in total. The van der Waals surface area contributed by atoms with Crippen LogP contribution >= 0.6 is 0 Å². The molecule has 0 fully saturated rings. The molecule has 1 aromatic rings. The zero-order chi connectivity index (χ0) is 25.7. The Kier molecular flexibility index (Phi) is 29.8. The molecule has 16 nitrogen and oxygen atoms in total. The van der Waals surface area contributed by atoms with Gasteiger partial charge in [-0.15, -0.1) is 0 Å². The van der Waals surface area contributed by atoms with Gasteiger partial charge in [-0.3, -0.25) is 19.2 Å². The van der Waals surface area contributed by atoms with Crippen molar-refractivity contribution in [3.63, 3.8) is 0 Å². The maximum atomic E-state index is 10.3. The summed E-state index contributed by atoms with van der Waals surface area (Å²) in [5, 5.41) is 67.6. The molecule has 0 bridgehead atoms. The fourth-order valence-electron chi connectivity index (χ4n) is 1.75. The molecule has 19 heteroatoms. The number of hydrogen-bond donors (Lipinski definition) is 8. The zero-order valence-corrected chi connectivity index (χ0v) is 16.5. The molecule has 0 saturated heterocycles. The predicted molar refractivity (Wildman–Crippen MR) is 119 cm³/mol. The SMILES string of the molecule is Cn1ccnc1.O=C(O)CC(O)(CC(=O)O)C(=O)O.O=C(O)CC(O)(CC(=O)O)C(=O)O.[KH].[KH].[KH]. The van der Waals surface area contributed by atoms with Gasteiger partial charge in [0.25, 0.3) is 0 Å². The first kappa shape index (κ1) is 45.8. The van der Waals surface area contributed by atoms with Crippen LogP contribution in [0.5, 0.6) is 0 Å². The van der Waals surface area contributed by atoms with Crippen LogP contribution in [0.3, 0.4) is 0 Å². The van der Waals surface area contributed by atoms with Gasteiger partial charge in [-0.1, -0.05) is 0 Å². The number of hydrogen-bond acceptors (Lipinski definition) is 9. The first-order chi connectivity index (χ1) is 14.4. The Hall–Kier alpha value is 0.859. The van der Waals surface area contributed by atoms with Crippen LogP contribution < -0.4 is 0 Å². The fourth-order valence-corrected chi connectivity index (χ4v) is 1.75. The normalized spacial score (nSPS) is 9.57. The third kappa shape index (κ3) is 23.7.